The number of aromatic amines is 1. The Morgan fingerprint density at radius 1 is 1.19 bits per heavy atom. The van der Waals surface area contributed by atoms with Gasteiger partial charge in [-0.3, -0.25) is 10.1 Å². The number of ether oxygens (including phenoxy) is 1. The van der Waals surface area contributed by atoms with Crippen LogP contribution in [0.1, 0.15) is 11.1 Å². The molecular weight excluding hydrogens is 266 g/mol. The normalized spacial score (nSPS) is 10.5. The van der Waals surface area contributed by atoms with E-state index in [-0.39, 0.29) is 5.75 Å². The minimum absolute atomic E-state index is 0.281. The van der Waals surface area contributed by atoms with Crippen molar-refractivity contribution in [2.45, 2.75) is 13.5 Å². The van der Waals surface area contributed by atoms with Crippen LogP contribution in [0.2, 0.25) is 0 Å². The second-order valence-corrected chi connectivity index (χ2v) is 4.76. The van der Waals surface area contributed by atoms with E-state index in [1.807, 2.05) is 37.3 Å². The van der Waals surface area contributed by atoms with Gasteiger partial charge in [-0.05, 0) is 42.3 Å². The summed E-state index contributed by atoms with van der Waals surface area (Å²) in [4.78, 5) is 4.32. The SMILES string of the molecule is Cc1ccc(COc2ccc(-c3ccn[nH]3)nc2)cc1O. The standard InChI is InChI=1S/C16H15N3O2/c1-11-2-3-12(8-16(11)20)10-21-13-4-5-14(17-9-13)15-6-7-18-19-15/h2-9,20H,10H2,1H3,(H,18,19). The predicted molar refractivity (Wildman–Crippen MR) is 79.0 cm³/mol. The van der Waals surface area contributed by atoms with Crippen molar-refractivity contribution in [1.29, 1.82) is 0 Å². The Kier molecular flexibility index (Phi) is 3.55. The molecule has 2 aromatic heterocycles. The first-order valence-corrected chi connectivity index (χ1v) is 6.59. The van der Waals surface area contributed by atoms with Crippen molar-refractivity contribution in [1.82, 2.24) is 15.2 Å². The molecule has 0 aliphatic heterocycles. The van der Waals surface area contributed by atoms with Gasteiger partial charge in [0.25, 0.3) is 0 Å². The van der Waals surface area contributed by atoms with Gasteiger partial charge in [0.2, 0.25) is 0 Å². The zero-order valence-corrected chi connectivity index (χ0v) is 11.6. The van der Waals surface area contributed by atoms with E-state index >= 15 is 0 Å². The summed E-state index contributed by atoms with van der Waals surface area (Å²) in [7, 11) is 0. The molecule has 0 saturated heterocycles. The molecule has 0 saturated carbocycles. The molecule has 5 nitrogen and oxygen atoms in total. The molecule has 0 radical (unpaired) electrons. The fourth-order valence-electron chi connectivity index (χ4n) is 1.93. The number of aryl methyl sites for hydroxylation is 1. The number of phenols is 1. The van der Waals surface area contributed by atoms with E-state index in [4.69, 9.17) is 4.74 Å². The second kappa shape index (κ2) is 5.66. The van der Waals surface area contributed by atoms with Crippen molar-refractivity contribution >= 4 is 0 Å². The quantitative estimate of drug-likeness (QED) is 0.771. The molecule has 5 heteroatoms. The van der Waals surface area contributed by atoms with Gasteiger partial charge in [-0.15, -0.1) is 0 Å². The van der Waals surface area contributed by atoms with E-state index in [1.54, 1.807) is 18.5 Å². The molecule has 0 atom stereocenters. The van der Waals surface area contributed by atoms with Crippen LogP contribution in [0.25, 0.3) is 11.4 Å². The van der Waals surface area contributed by atoms with E-state index in [2.05, 4.69) is 15.2 Å². The Balaban J connectivity index is 1.66. The van der Waals surface area contributed by atoms with Crippen LogP contribution in [-0.4, -0.2) is 20.3 Å². The predicted octanol–water partition coefficient (Wildman–Crippen LogP) is 3.06. The molecule has 0 amide bonds. The van der Waals surface area contributed by atoms with Crippen molar-refractivity contribution < 1.29 is 9.84 Å². The van der Waals surface area contributed by atoms with Crippen molar-refractivity contribution in [3.05, 3.63) is 59.9 Å². The van der Waals surface area contributed by atoms with Gasteiger partial charge in [0.05, 0.1) is 17.6 Å². The summed E-state index contributed by atoms with van der Waals surface area (Å²) in [6.45, 7) is 2.25. The smallest absolute Gasteiger partial charge is 0.138 e. The number of hydrogen-bond donors (Lipinski definition) is 2. The average molecular weight is 281 g/mol. The molecule has 3 aromatic rings. The first-order chi connectivity index (χ1) is 10.2. The highest BCUT2D eigenvalue weighted by Gasteiger charge is 2.03. The van der Waals surface area contributed by atoms with Crippen LogP contribution in [-0.2, 0) is 6.61 Å². The van der Waals surface area contributed by atoms with Crippen LogP contribution < -0.4 is 4.74 Å². The third kappa shape index (κ3) is 3.02. The molecule has 0 spiro atoms. The van der Waals surface area contributed by atoms with E-state index in [1.165, 1.54) is 0 Å². The van der Waals surface area contributed by atoms with Crippen LogP contribution in [0, 0.1) is 6.92 Å². The van der Waals surface area contributed by atoms with Crippen LogP contribution in [0.5, 0.6) is 11.5 Å². The highest BCUT2D eigenvalue weighted by Crippen LogP contribution is 2.20. The lowest BCUT2D eigenvalue weighted by atomic mass is 10.1. The fraction of sp³-hybridized carbons (Fsp3) is 0.125. The number of nitrogens with one attached hydrogen (secondary N) is 1. The molecule has 21 heavy (non-hydrogen) atoms. The topological polar surface area (TPSA) is 71.0 Å². The lowest BCUT2D eigenvalue weighted by Crippen LogP contribution is -1.96. The molecule has 0 bridgehead atoms. The molecule has 2 N–H and O–H groups in total. The molecule has 106 valence electrons. The van der Waals surface area contributed by atoms with Gasteiger partial charge in [-0.1, -0.05) is 12.1 Å². The first-order valence-electron chi connectivity index (χ1n) is 6.59. The summed E-state index contributed by atoms with van der Waals surface area (Å²) in [6.07, 6.45) is 3.36. The van der Waals surface area contributed by atoms with E-state index in [0.717, 1.165) is 22.5 Å². The number of nitrogens with zero attached hydrogens (tertiary/aromatic N) is 2. The zero-order chi connectivity index (χ0) is 14.7. The summed E-state index contributed by atoms with van der Waals surface area (Å²) < 4.78 is 5.66. The first kappa shape index (κ1) is 13.2. The highest BCUT2D eigenvalue weighted by atomic mass is 16.5. The molecular formula is C16H15N3O2. The van der Waals surface area contributed by atoms with Crippen LogP contribution in [0.4, 0.5) is 0 Å². The lowest BCUT2D eigenvalue weighted by Gasteiger charge is -2.07. The largest absolute Gasteiger partial charge is 0.508 e. The van der Waals surface area contributed by atoms with Gasteiger partial charge in [0.1, 0.15) is 18.1 Å². The average Bonchev–Trinajstić information content (AvgIpc) is 3.03. The van der Waals surface area contributed by atoms with Gasteiger partial charge in [-0.2, -0.15) is 5.10 Å². The fourth-order valence-corrected chi connectivity index (χ4v) is 1.93. The van der Waals surface area contributed by atoms with E-state index in [0.29, 0.717) is 12.4 Å². The number of hydrogen-bond acceptors (Lipinski definition) is 4. The molecule has 0 unspecified atom stereocenters. The Morgan fingerprint density at radius 3 is 2.76 bits per heavy atom. The molecule has 0 fully saturated rings. The molecule has 1 aromatic carbocycles. The molecule has 2 heterocycles. The maximum absolute atomic E-state index is 9.66. The number of aromatic hydroxyl groups is 1. The molecule has 3 rings (SSSR count). The Labute approximate surface area is 122 Å². The van der Waals surface area contributed by atoms with Crippen LogP contribution in [0.15, 0.2) is 48.8 Å². The molecule has 0 aliphatic rings. The third-order valence-electron chi connectivity index (χ3n) is 3.19. The molecule has 0 aliphatic carbocycles. The van der Waals surface area contributed by atoms with Gasteiger partial charge in [0.15, 0.2) is 0 Å². The summed E-state index contributed by atoms with van der Waals surface area (Å²) >= 11 is 0. The summed E-state index contributed by atoms with van der Waals surface area (Å²) in [5, 5.41) is 16.4. The minimum atomic E-state index is 0.281. The van der Waals surface area contributed by atoms with Gasteiger partial charge < -0.3 is 9.84 Å². The number of pyridine rings is 1. The van der Waals surface area contributed by atoms with E-state index < -0.39 is 0 Å². The van der Waals surface area contributed by atoms with Crippen LogP contribution in [0.3, 0.4) is 0 Å². The third-order valence-corrected chi connectivity index (χ3v) is 3.19. The Bertz CT molecular complexity index is 722. The van der Waals surface area contributed by atoms with Crippen LogP contribution >= 0.6 is 0 Å². The number of H-pyrrole nitrogens is 1. The van der Waals surface area contributed by atoms with Gasteiger partial charge in [-0.25, -0.2) is 0 Å². The van der Waals surface area contributed by atoms with Crippen molar-refractivity contribution in [3.8, 4) is 22.9 Å². The maximum atomic E-state index is 9.66. The van der Waals surface area contributed by atoms with Crippen molar-refractivity contribution in [2.24, 2.45) is 0 Å². The van der Waals surface area contributed by atoms with Gasteiger partial charge >= 0.3 is 0 Å². The summed E-state index contributed by atoms with van der Waals surface area (Å²) in [6, 6.07) is 11.1. The van der Waals surface area contributed by atoms with Crippen molar-refractivity contribution in [3.63, 3.8) is 0 Å². The highest BCUT2D eigenvalue weighted by molar-refractivity contribution is 5.53. The van der Waals surface area contributed by atoms with Gasteiger partial charge in [0, 0.05) is 6.20 Å². The second-order valence-electron chi connectivity index (χ2n) is 4.76. The maximum Gasteiger partial charge on any atom is 0.138 e. The number of benzene rings is 1. The minimum Gasteiger partial charge on any atom is -0.508 e. The zero-order valence-electron chi connectivity index (χ0n) is 11.6. The number of aromatic nitrogens is 3. The summed E-state index contributed by atoms with van der Waals surface area (Å²) in [5.41, 5.74) is 3.44. The Morgan fingerprint density at radius 2 is 2.10 bits per heavy atom. The van der Waals surface area contributed by atoms with Crippen molar-refractivity contribution in [2.75, 3.05) is 0 Å². The Hall–Kier alpha value is -2.82. The number of phenolic OH excluding ortho intramolecular Hbond substituents is 1. The monoisotopic (exact) mass is 281 g/mol. The number of rotatable bonds is 4. The van der Waals surface area contributed by atoms with E-state index in [9.17, 15) is 5.11 Å². The summed E-state index contributed by atoms with van der Waals surface area (Å²) in [5.74, 6) is 0.960. The lowest BCUT2D eigenvalue weighted by molar-refractivity contribution is 0.304.